The molecule has 1 aliphatic heterocycles. The maximum absolute atomic E-state index is 13.6. The number of hydroxylamine groups is 2. The number of ether oxygens (including phenoxy) is 1. The molecule has 0 bridgehead atoms. The maximum Gasteiger partial charge on any atom is 0.250 e. The van der Waals surface area contributed by atoms with Crippen LogP contribution in [-0.4, -0.2) is 56.4 Å². The SMILES string of the molecule is CON(C)C(=O)Cc1cnc(Nc2ccc(N3CCOCC3)cc2)cc1NCc1cc(F)cc(F)c1. The lowest BCUT2D eigenvalue weighted by Gasteiger charge is -2.28. The summed E-state index contributed by atoms with van der Waals surface area (Å²) >= 11 is 0. The third-order valence-corrected chi connectivity index (χ3v) is 5.87. The van der Waals surface area contributed by atoms with Crippen LogP contribution in [0.15, 0.2) is 54.7 Å². The van der Waals surface area contributed by atoms with Crippen molar-refractivity contribution in [2.75, 3.05) is 56.0 Å². The van der Waals surface area contributed by atoms with Crippen LogP contribution in [-0.2, 0) is 27.3 Å². The topological polar surface area (TPSA) is 79.0 Å². The lowest BCUT2D eigenvalue weighted by Crippen LogP contribution is -2.36. The Bertz CT molecular complexity index is 1170. The fourth-order valence-corrected chi connectivity index (χ4v) is 3.87. The zero-order valence-corrected chi connectivity index (χ0v) is 20.3. The molecule has 2 N–H and O–H groups in total. The largest absolute Gasteiger partial charge is 0.381 e. The molecule has 2 aromatic carbocycles. The number of benzene rings is 2. The Labute approximate surface area is 208 Å². The summed E-state index contributed by atoms with van der Waals surface area (Å²) in [4.78, 5) is 24.1. The van der Waals surface area contributed by atoms with E-state index in [-0.39, 0.29) is 18.9 Å². The summed E-state index contributed by atoms with van der Waals surface area (Å²) in [6.45, 7) is 3.32. The van der Waals surface area contributed by atoms with Crippen molar-refractivity contribution in [2.45, 2.75) is 13.0 Å². The Balaban J connectivity index is 1.52. The Morgan fingerprint density at radius 1 is 1.11 bits per heavy atom. The van der Waals surface area contributed by atoms with Crippen LogP contribution in [0.3, 0.4) is 0 Å². The molecule has 1 fully saturated rings. The molecule has 1 amide bonds. The number of rotatable bonds is 9. The lowest BCUT2D eigenvalue weighted by atomic mass is 10.1. The van der Waals surface area contributed by atoms with Gasteiger partial charge in [0.15, 0.2) is 0 Å². The quantitative estimate of drug-likeness (QED) is 0.431. The van der Waals surface area contributed by atoms with Crippen LogP contribution in [0.2, 0.25) is 0 Å². The molecule has 1 aromatic heterocycles. The van der Waals surface area contributed by atoms with Crippen LogP contribution in [0.5, 0.6) is 0 Å². The molecule has 190 valence electrons. The molecular formula is C26H29F2N5O3. The predicted molar refractivity (Wildman–Crippen MR) is 134 cm³/mol. The Morgan fingerprint density at radius 3 is 2.47 bits per heavy atom. The maximum atomic E-state index is 13.6. The number of nitrogens with zero attached hydrogens (tertiary/aromatic N) is 3. The number of amides is 1. The number of carbonyl (C=O) groups excluding carboxylic acids is 1. The molecule has 10 heteroatoms. The number of aromatic nitrogens is 1. The number of likely N-dealkylation sites (N-methyl/N-ethyl adjacent to an activating group) is 1. The van der Waals surface area contributed by atoms with E-state index in [9.17, 15) is 13.6 Å². The molecule has 2 heterocycles. The second-order valence-electron chi connectivity index (χ2n) is 8.38. The number of halogens is 2. The molecule has 0 saturated carbocycles. The minimum absolute atomic E-state index is 0.0334. The second kappa shape index (κ2) is 11.8. The predicted octanol–water partition coefficient (Wildman–Crippen LogP) is 4.11. The van der Waals surface area contributed by atoms with Gasteiger partial charge in [-0.1, -0.05) is 0 Å². The van der Waals surface area contributed by atoms with Crippen molar-refractivity contribution >= 4 is 28.8 Å². The van der Waals surface area contributed by atoms with E-state index in [1.54, 1.807) is 12.3 Å². The lowest BCUT2D eigenvalue weighted by molar-refractivity contribution is -0.167. The monoisotopic (exact) mass is 497 g/mol. The minimum Gasteiger partial charge on any atom is -0.381 e. The van der Waals surface area contributed by atoms with Gasteiger partial charge in [0.1, 0.15) is 17.5 Å². The molecule has 36 heavy (non-hydrogen) atoms. The zero-order chi connectivity index (χ0) is 25.5. The van der Waals surface area contributed by atoms with Gasteiger partial charge < -0.3 is 20.3 Å². The molecule has 1 saturated heterocycles. The summed E-state index contributed by atoms with van der Waals surface area (Å²) < 4.78 is 32.7. The van der Waals surface area contributed by atoms with Crippen molar-refractivity contribution in [3.05, 3.63) is 77.5 Å². The molecule has 0 spiro atoms. The Hall–Kier alpha value is -3.76. The molecule has 0 atom stereocenters. The van der Waals surface area contributed by atoms with Crippen molar-refractivity contribution in [1.29, 1.82) is 0 Å². The first-order valence-electron chi connectivity index (χ1n) is 11.6. The van der Waals surface area contributed by atoms with Crippen LogP contribution < -0.4 is 15.5 Å². The van der Waals surface area contributed by atoms with Gasteiger partial charge in [-0.3, -0.25) is 9.63 Å². The van der Waals surface area contributed by atoms with Gasteiger partial charge in [0.2, 0.25) is 5.91 Å². The van der Waals surface area contributed by atoms with Crippen LogP contribution in [0, 0.1) is 11.6 Å². The van der Waals surface area contributed by atoms with Crippen LogP contribution >= 0.6 is 0 Å². The molecule has 0 unspecified atom stereocenters. The molecular weight excluding hydrogens is 468 g/mol. The summed E-state index contributed by atoms with van der Waals surface area (Å²) in [6.07, 6.45) is 1.63. The Morgan fingerprint density at radius 2 is 1.81 bits per heavy atom. The van der Waals surface area contributed by atoms with Gasteiger partial charge >= 0.3 is 0 Å². The average Bonchev–Trinajstić information content (AvgIpc) is 2.88. The first kappa shape index (κ1) is 25.3. The van der Waals surface area contributed by atoms with Gasteiger partial charge in [-0.25, -0.2) is 18.8 Å². The highest BCUT2D eigenvalue weighted by molar-refractivity contribution is 5.80. The van der Waals surface area contributed by atoms with Gasteiger partial charge in [-0.15, -0.1) is 0 Å². The highest BCUT2D eigenvalue weighted by Crippen LogP contribution is 2.25. The van der Waals surface area contributed by atoms with Crippen molar-refractivity contribution < 1.29 is 23.1 Å². The highest BCUT2D eigenvalue weighted by atomic mass is 19.1. The third-order valence-electron chi connectivity index (χ3n) is 5.87. The molecule has 3 aromatic rings. The van der Waals surface area contributed by atoms with Gasteiger partial charge in [0.25, 0.3) is 0 Å². The summed E-state index contributed by atoms with van der Waals surface area (Å²) in [5.41, 5.74) is 3.64. The second-order valence-corrected chi connectivity index (χ2v) is 8.38. The number of hydrogen-bond donors (Lipinski definition) is 2. The normalized spacial score (nSPS) is 13.4. The summed E-state index contributed by atoms with van der Waals surface area (Å²) in [6, 6.07) is 13.1. The van der Waals surface area contributed by atoms with Gasteiger partial charge in [-0.05, 0) is 42.0 Å². The van der Waals surface area contributed by atoms with Gasteiger partial charge in [-0.2, -0.15) is 0 Å². The molecule has 1 aliphatic rings. The fourth-order valence-electron chi connectivity index (χ4n) is 3.87. The average molecular weight is 498 g/mol. The van der Waals surface area contributed by atoms with Crippen LogP contribution in [0.1, 0.15) is 11.1 Å². The van der Waals surface area contributed by atoms with Crippen LogP contribution in [0.4, 0.5) is 31.7 Å². The molecule has 0 radical (unpaired) electrons. The van der Waals surface area contributed by atoms with E-state index in [1.807, 2.05) is 24.3 Å². The summed E-state index contributed by atoms with van der Waals surface area (Å²) in [7, 11) is 2.93. The first-order valence-corrected chi connectivity index (χ1v) is 11.6. The first-order chi connectivity index (χ1) is 17.4. The highest BCUT2D eigenvalue weighted by Gasteiger charge is 2.15. The Kier molecular flexibility index (Phi) is 8.29. The van der Waals surface area contributed by atoms with Crippen molar-refractivity contribution in [2.24, 2.45) is 0 Å². The number of nitrogens with one attached hydrogen (secondary N) is 2. The third kappa shape index (κ3) is 6.67. The van der Waals surface area contributed by atoms with Crippen LogP contribution in [0.25, 0.3) is 0 Å². The van der Waals surface area contributed by atoms with E-state index in [1.165, 1.54) is 26.3 Å². The van der Waals surface area contributed by atoms with E-state index >= 15 is 0 Å². The van der Waals surface area contributed by atoms with E-state index in [4.69, 9.17) is 9.57 Å². The summed E-state index contributed by atoms with van der Waals surface area (Å²) in [5, 5.41) is 7.59. The summed E-state index contributed by atoms with van der Waals surface area (Å²) in [5.74, 6) is -1.01. The number of hydrogen-bond acceptors (Lipinski definition) is 7. The van der Waals surface area contributed by atoms with Crippen molar-refractivity contribution in [1.82, 2.24) is 10.0 Å². The van der Waals surface area contributed by atoms with Crippen molar-refractivity contribution in [3.8, 4) is 0 Å². The number of anilines is 4. The fraction of sp³-hybridized carbons (Fsp3) is 0.308. The standard InChI is InChI=1S/C26H29F2N5O3/c1-32(35-2)26(34)13-19-17-30-25(15-24(19)29-16-18-11-20(27)14-21(28)12-18)31-22-3-5-23(6-4-22)33-7-9-36-10-8-33/h3-6,11-12,14-15,17H,7-10,13,16H2,1-2H3,(H2,29,30,31). The number of pyridine rings is 1. The number of morpholine rings is 1. The molecule has 0 aliphatic carbocycles. The van der Waals surface area contributed by atoms with Gasteiger partial charge in [0, 0.05) is 67.6 Å². The van der Waals surface area contributed by atoms with Gasteiger partial charge in [0.05, 0.1) is 26.7 Å². The van der Waals surface area contributed by atoms with E-state index in [0.717, 1.165) is 48.8 Å². The number of carbonyl (C=O) groups is 1. The van der Waals surface area contributed by atoms with E-state index in [2.05, 4.69) is 20.5 Å². The van der Waals surface area contributed by atoms with E-state index < -0.39 is 11.6 Å². The minimum atomic E-state index is -0.651. The molecule has 4 rings (SSSR count). The zero-order valence-electron chi connectivity index (χ0n) is 20.3. The molecule has 8 nitrogen and oxygen atoms in total. The van der Waals surface area contributed by atoms with E-state index in [0.29, 0.717) is 22.6 Å². The van der Waals surface area contributed by atoms with Crippen molar-refractivity contribution in [3.63, 3.8) is 0 Å². The smallest absolute Gasteiger partial charge is 0.250 e.